The molecule has 0 bridgehead atoms. The topological polar surface area (TPSA) is 37.3 Å². The Kier molecular flexibility index (Phi) is 3.04. The van der Waals surface area contributed by atoms with Gasteiger partial charge in [0.25, 0.3) is 0 Å². The maximum Gasteiger partial charge on any atom is 0.161 e. The van der Waals surface area contributed by atoms with Crippen LogP contribution >= 0.6 is 0 Å². The molecule has 1 N–H and O–H groups in total. The van der Waals surface area contributed by atoms with Gasteiger partial charge in [-0.3, -0.25) is 4.79 Å². The SMILES string of the molecule is CC(C)C[C@H](O)[C@@H]1CC=CC1=O. The fourth-order valence-electron chi connectivity index (χ4n) is 1.56. The number of ketones is 1. The van der Waals surface area contributed by atoms with Crippen LogP contribution in [0.2, 0.25) is 0 Å². The van der Waals surface area contributed by atoms with Crippen molar-refractivity contribution >= 4 is 5.78 Å². The monoisotopic (exact) mass is 168 g/mol. The molecule has 0 aromatic carbocycles. The van der Waals surface area contributed by atoms with Gasteiger partial charge in [-0.15, -0.1) is 0 Å². The van der Waals surface area contributed by atoms with Crippen LogP contribution in [0.5, 0.6) is 0 Å². The number of carbonyl (C=O) groups is 1. The highest BCUT2D eigenvalue weighted by Crippen LogP contribution is 2.22. The number of hydrogen-bond acceptors (Lipinski definition) is 2. The first-order chi connectivity index (χ1) is 5.61. The quantitative estimate of drug-likeness (QED) is 0.694. The maximum atomic E-state index is 11.2. The molecule has 2 heteroatoms. The Balaban J connectivity index is 2.43. The summed E-state index contributed by atoms with van der Waals surface area (Å²) in [6.07, 6.45) is 4.41. The van der Waals surface area contributed by atoms with Crippen molar-refractivity contribution in [3.05, 3.63) is 12.2 Å². The Morgan fingerprint density at radius 1 is 1.67 bits per heavy atom. The van der Waals surface area contributed by atoms with Gasteiger partial charge in [0.1, 0.15) is 0 Å². The summed E-state index contributed by atoms with van der Waals surface area (Å²) in [5.74, 6) is 0.379. The molecule has 1 aliphatic carbocycles. The number of hydrogen-bond donors (Lipinski definition) is 1. The van der Waals surface area contributed by atoms with Gasteiger partial charge in [-0.1, -0.05) is 19.9 Å². The second kappa shape index (κ2) is 3.85. The van der Waals surface area contributed by atoms with Crippen LogP contribution < -0.4 is 0 Å². The van der Waals surface area contributed by atoms with Gasteiger partial charge in [0, 0.05) is 0 Å². The number of aliphatic hydroxyl groups excluding tert-OH is 1. The molecule has 0 spiro atoms. The van der Waals surface area contributed by atoms with E-state index in [1.165, 1.54) is 0 Å². The van der Waals surface area contributed by atoms with Crippen molar-refractivity contribution < 1.29 is 9.90 Å². The van der Waals surface area contributed by atoms with Crippen molar-refractivity contribution in [2.24, 2.45) is 11.8 Å². The van der Waals surface area contributed by atoms with Crippen LogP contribution in [0.4, 0.5) is 0 Å². The molecule has 2 atom stereocenters. The van der Waals surface area contributed by atoms with Crippen molar-refractivity contribution in [3.8, 4) is 0 Å². The summed E-state index contributed by atoms with van der Waals surface area (Å²) in [7, 11) is 0. The summed E-state index contributed by atoms with van der Waals surface area (Å²) >= 11 is 0. The zero-order chi connectivity index (χ0) is 9.14. The normalized spacial score (nSPS) is 25.3. The van der Waals surface area contributed by atoms with Gasteiger partial charge in [-0.25, -0.2) is 0 Å². The molecular formula is C10H16O2. The van der Waals surface area contributed by atoms with Crippen LogP contribution in [0.25, 0.3) is 0 Å². The van der Waals surface area contributed by atoms with Gasteiger partial charge in [-0.05, 0) is 24.8 Å². The number of rotatable bonds is 3. The van der Waals surface area contributed by atoms with Crippen molar-refractivity contribution in [2.75, 3.05) is 0 Å². The van der Waals surface area contributed by atoms with E-state index in [1.54, 1.807) is 6.08 Å². The van der Waals surface area contributed by atoms with Gasteiger partial charge >= 0.3 is 0 Å². The Morgan fingerprint density at radius 3 is 2.75 bits per heavy atom. The van der Waals surface area contributed by atoms with Crippen LogP contribution in [0.15, 0.2) is 12.2 Å². The van der Waals surface area contributed by atoms with E-state index in [-0.39, 0.29) is 11.7 Å². The van der Waals surface area contributed by atoms with Gasteiger partial charge in [0.2, 0.25) is 0 Å². The molecule has 0 aromatic heterocycles. The highest BCUT2D eigenvalue weighted by atomic mass is 16.3. The zero-order valence-electron chi connectivity index (χ0n) is 7.66. The molecule has 0 aromatic rings. The lowest BCUT2D eigenvalue weighted by molar-refractivity contribution is -0.120. The molecular weight excluding hydrogens is 152 g/mol. The van der Waals surface area contributed by atoms with E-state index in [0.717, 1.165) is 6.42 Å². The highest BCUT2D eigenvalue weighted by molar-refractivity contribution is 5.94. The molecule has 0 heterocycles. The molecule has 68 valence electrons. The molecule has 2 nitrogen and oxygen atoms in total. The summed E-state index contributed by atoms with van der Waals surface area (Å²) in [5, 5.41) is 9.63. The minimum absolute atomic E-state index is 0.0863. The number of carbonyl (C=O) groups excluding carboxylic acids is 1. The fourth-order valence-corrected chi connectivity index (χ4v) is 1.56. The second-order valence-electron chi connectivity index (χ2n) is 3.84. The average Bonchev–Trinajstić information content (AvgIpc) is 2.33. The largest absolute Gasteiger partial charge is 0.392 e. The fraction of sp³-hybridized carbons (Fsp3) is 0.700. The lowest BCUT2D eigenvalue weighted by Crippen LogP contribution is -2.25. The van der Waals surface area contributed by atoms with Gasteiger partial charge in [0.15, 0.2) is 5.78 Å². The number of allylic oxidation sites excluding steroid dienone is 2. The molecule has 0 fully saturated rings. The molecule has 0 saturated carbocycles. The Labute approximate surface area is 73.3 Å². The molecule has 1 rings (SSSR count). The zero-order valence-corrected chi connectivity index (χ0v) is 7.66. The lowest BCUT2D eigenvalue weighted by Gasteiger charge is -2.18. The molecule has 1 aliphatic rings. The van der Waals surface area contributed by atoms with Crippen molar-refractivity contribution in [1.29, 1.82) is 0 Å². The first-order valence-electron chi connectivity index (χ1n) is 4.49. The molecule has 12 heavy (non-hydrogen) atoms. The first kappa shape index (κ1) is 9.46. The minimum Gasteiger partial charge on any atom is -0.392 e. The Morgan fingerprint density at radius 2 is 2.33 bits per heavy atom. The number of aliphatic hydroxyl groups is 1. The molecule has 0 aliphatic heterocycles. The Bertz CT molecular complexity index is 194. The van der Waals surface area contributed by atoms with Crippen LogP contribution in [0, 0.1) is 11.8 Å². The molecule has 0 saturated heterocycles. The summed E-state index contributed by atoms with van der Waals surface area (Å²) in [5.41, 5.74) is 0. The van der Waals surface area contributed by atoms with Crippen LogP contribution in [-0.2, 0) is 4.79 Å². The summed E-state index contributed by atoms with van der Waals surface area (Å²) < 4.78 is 0. The third-order valence-electron chi connectivity index (χ3n) is 2.21. The highest BCUT2D eigenvalue weighted by Gasteiger charge is 2.27. The van der Waals surface area contributed by atoms with Gasteiger partial charge in [0.05, 0.1) is 12.0 Å². The van der Waals surface area contributed by atoms with Crippen LogP contribution in [0.1, 0.15) is 26.7 Å². The van der Waals surface area contributed by atoms with Gasteiger partial charge < -0.3 is 5.11 Å². The van der Waals surface area contributed by atoms with Crippen LogP contribution in [0.3, 0.4) is 0 Å². The van der Waals surface area contributed by atoms with Crippen molar-refractivity contribution in [3.63, 3.8) is 0 Å². The molecule has 0 amide bonds. The molecule has 0 radical (unpaired) electrons. The first-order valence-corrected chi connectivity index (χ1v) is 4.49. The Hall–Kier alpha value is -0.630. The van der Waals surface area contributed by atoms with E-state index in [4.69, 9.17) is 0 Å². The predicted molar refractivity (Wildman–Crippen MR) is 47.7 cm³/mol. The second-order valence-corrected chi connectivity index (χ2v) is 3.84. The van der Waals surface area contributed by atoms with Crippen LogP contribution in [-0.4, -0.2) is 17.0 Å². The van der Waals surface area contributed by atoms with E-state index >= 15 is 0 Å². The third-order valence-corrected chi connectivity index (χ3v) is 2.21. The summed E-state index contributed by atoms with van der Waals surface area (Å²) in [4.78, 5) is 11.2. The lowest BCUT2D eigenvalue weighted by atomic mass is 9.92. The van der Waals surface area contributed by atoms with E-state index < -0.39 is 6.10 Å². The van der Waals surface area contributed by atoms with Crippen molar-refractivity contribution in [2.45, 2.75) is 32.8 Å². The average molecular weight is 168 g/mol. The van der Waals surface area contributed by atoms with E-state index in [0.29, 0.717) is 12.3 Å². The summed E-state index contributed by atoms with van der Waals surface area (Å²) in [6, 6.07) is 0. The minimum atomic E-state index is -0.451. The predicted octanol–water partition coefficient (Wildman–Crippen LogP) is 1.54. The van der Waals surface area contributed by atoms with Gasteiger partial charge in [-0.2, -0.15) is 0 Å². The van der Waals surface area contributed by atoms with E-state index in [9.17, 15) is 9.90 Å². The maximum absolute atomic E-state index is 11.2. The smallest absolute Gasteiger partial charge is 0.161 e. The summed E-state index contributed by atoms with van der Waals surface area (Å²) in [6.45, 7) is 4.10. The van der Waals surface area contributed by atoms with Crippen molar-refractivity contribution in [1.82, 2.24) is 0 Å². The molecule has 0 unspecified atom stereocenters. The van der Waals surface area contributed by atoms with E-state index in [2.05, 4.69) is 13.8 Å². The standard InChI is InChI=1S/C10H16O2/c1-7(2)6-10(12)8-4-3-5-9(8)11/h3,5,7-8,10,12H,4,6H2,1-2H3/t8-,10+/m1/s1. The van der Waals surface area contributed by atoms with E-state index in [1.807, 2.05) is 6.08 Å². The third kappa shape index (κ3) is 2.18.